The number of benzene rings is 4. The van der Waals surface area contributed by atoms with E-state index in [9.17, 15) is 10.2 Å². The second-order valence-electron chi connectivity index (χ2n) is 13.0. The predicted molar refractivity (Wildman–Crippen MR) is 208 cm³/mol. The van der Waals surface area contributed by atoms with Gasteiger partial charge < -0.3 is 10.2 Å². The molecule has 5 aliphatic rings. The SMILES string of the molecule is Cc1cc(C2=C3C=CC(=N3)C(c3ccccc3)=C3C=CC(=N3)C(c3ccccc3)=C3C=CC(=N3)C(c3ccccc3)=C3C=CC2=N3)c(C)c([O-])c1[O-].[Zn+2]. The maximum Gasteiger partial charge on any atom is 2.00 e. The molecule has 4 aromatic rings. The van der Waals surface area contributed by atoms with Crippen LogP contribution in [0.2, 0.25) is 0 Å². The molecule has 0 N–H and O–H groups in total. The summed E-state index contributed by atoms with van der Waals surface area (Å²) in [5, 5.41) is 26.0. The van der Waals surface area contributed by atoms with Crippen molar-refractivity contribution in [3.05, 3.63) is 202 Å². The van der Waals surface area contributed by atoms with Crippen LogP contribution in [0.15, 0.2) is 188 Å². The molecule has 5 aliphatic heterocycles. The van der Waals surface area contributed by atoms with Gasteiger partial charge in [0.1, 0.15) is 0 Å². The number of rotatable bonds is 4. The molecule has 0 aromatic heterocycles. The van der Waals surface area contributed by atoms with E-state index < -0.39 is 11.5 Å². The van der Waals surface area contributed by atoms with Gasteiger partial charge in [-0.2, -0.15) is 0 Å². The monoisotopic (exact) mass is 734 g/mol. The van der Waals surface area contributed by atoms with Crippen molar-refractivity contribution in [2.24, 2.45) is 20.0 Å². The minimum atomic E-state index is -0.520. The molecule has 7 heteroatoms. The van der Waals surface area contributed by atoms with E-state index in [1.165, 1.54) is 0 Å². The Hall–Kier alpha value is -6.30. The van der Waals surface area contributed by atoms with Gasteiger partial charge >= 0.3 is 19.5 Å². The Labute approximate surface area is 320 Å². The molecule has 0 spiro atoms. The predicted octanol–water partition coefficient (Wildman–Crippen LogP) is 8.45. The summed E-state index contributed by atoms with van der Waals surface area (Å²) in [6.07, 6.45) is 16.1. The maximum absolute atomic E-state index is 13.3. The van der Waals surface area contributed by atoms with Gasteiger partial charge in [-0.05, 0) is 84.7 Å². The van der Waals surface area contributed by atoms with Crippen LogP contribution >= 0.6 is 0 Å². The van der Waals surface area contributed by atoms with Crippen LogP contribution in [-0.4, -0.2) is 22.8 Å². The molecule has 0 amide bonds. The molecule has 0 unspecified atom stereocenters. The molecule has 248 valence electrons. The van der Waals surface area contributed by atoms with Crippen LogP contribution in [0.5, 0.6) is 11.5 Å². The average molecular weight is 736 g/mol. The summed E-state index contributed by atoms with van der Waals surface area (Å²) in [5.41, 5.74) is 13.5. The number of aliphatic imine (C=N–C) groups is 4. The van der Waals surface area contributed by atoms with E-state index in [1.54, 1.807) is 19.9 Å². The van der Waals surface area contributed by atoms with Crippen molar-refractivity contribution in [3.63, 3.8) is 0 Å². The third-order valence-electron chi connectivity index (χ3n) is 9.74. The zero-order valence-electron chi connectivity index (χ0n) is 29.2. The van der Waals surface area contributed by atoms with Gasteiger partial charge in [-0.25, -0.2) is 20.0 Å². The van der Waals surface area contributed by atoms with E-state index in [4.69, 9.17) is 20.0 Å². The normalized spacial score (nSPS) is 17.1. The van der Waals surface area contributed by atoms with Crippen molar-refractivity contribution in [1.82, 2.24) is 0 Å². The van der Waals surface area contributed by atoms with E-state index in [2.05, 4.69) is 36.4 Å². The fraction of sp³-hybridized carbons (Fsp3) is 0.0435. The van der Waals surface area contributed by atoms with Crippen LogP contribution in [-0.2, 0) is 19.5 Å². The average Bonchev–Trinajstić information content (AvgIpc) is 4.02. The molecular weight excluding hydrogens is 706 g/mol. The van der Waals surface area contributed by atoms with E-state index in [-0.39, 0.29) is 19.5 Å². The molecule has 0 aliphatic carbocycles. The summed E-state index contributed by atoms with van der Waals surface area (Å²) >= 11 is 0. The fourth-order valence-electron chi connectivity index (χ4n) is 7.19. The van der Waals surface area contributed by atoms with Crippen LogP contribution in [0.25, 0.3) is 22.3 Å². The van der Waals surface area contributed by atoms with Crippen molar-refractivity contribution in [2.75, 3.05) is 0 Å². The van der Waals surface area contributed by atoms with E-state index in [0.717, 1.165) is 67.6 Å². The minimum Gasteiger partial charge on any atom is -0.873 e. The van der Waals surface area contributed by atoms with Gasteiger partial charge in [0.25, 0.3) is 0 Å². The Morgan fingerprint density at radius 3 is 1.08 bits per heavy atom. The third kappa shape index (κ3) is 5.89. The van der Waals surface area contributed by atoms with Gasteiger partial charge in [-0.3, -0.25) is 0 Å². The number of nitrogens with zero attached hydrogens (tertiary/aromatic N) is 4. The minimum absolute atomic E-state index is 0. The van der Waals surface area contributed by atoms with Crippen LogP contribution in [0.1, 0.15) is 33.4 Å². The fourth-order valence-corrected chi connectivity index (χ4v) is 7.19. The summed E-state index contributed by atoms with van der Waals surface area (Å²) in [4.78, 5) is 21.1. The van der Waals surface area contributed by atoms with Crippen molar-refractivity contribution in [2.45, 2.75) is 13.8 Å². The van der Waals surface area contributed by atoms with E-state index in [0.29, 0.717) is 33.7 Å². The summed E-state index contributed by atoms with van der Waals surface area (Å²) in [6, 6.07) is 32.3. The molecule has 6 nitrogen and oxygen atoms in total. The molecule has 0 saturated heterocycles. The molecule has 0 atom stereocenters. The van der Waals surface area contributed by atoms with E-state index in [1.807, 2.05) is 103 Å². The summed E-state index contributed by atoms with van der Waals surface area (Å²) in [7, 11) is 0. The van der Waals surface area contributed by atoms with Crippen LogP contribution in [0, 0.1) is 13.8 Å². The summed E-state index contributed by atoms with van der Waals surface area (Å²) < 4.78 is 0. The standard InChI is InChI=1S/C46H32N4O2.Zn/c1-27-26-32(28(2)46(52)45(27)51)44-39-24-22-37(49-39)42(30-14-8-4-9-15-30)35-20-18-33(47-35)41(29-12-6-3-7-13-29)34-19-21-36(48-34)43(31-16-10-5-11-17-31)38-23-25-40(44)50-38;/h3-26,51-52H,1-2H3;/q;+2/p-2. The van der Waals surface area contributed by atoms with Crippen molar-refractivity contribution >= 4 is 45.1 Å². The first-order valence-corrected chi connectivity index (χ1v) is 17.1. The van der Waals surface area contributed by atoms with Crippen LogP contribution in [0.3, 0.4) is 0 Å². The second kappa shape index (κ2) is 13.7. The first kappa shape index (κ1) is 33.8. The topological polar surface area (TPSA) is 95.6 Å². The van der Waals surface area contributed by atoms with E-state index >= 15 is 0 Å². The Balaban J connectivity index is 0.00000400. The molecule has 53 heavy (non-hydrogen) atoms. The van der Waals surface area contributed by atoms with Gasteiger partial charge in [0.05, 0.1) is 45.6 Å². The zero-order chi connectivity index (χ0) is 35.3. The van der Waals surface area contributed by atoms with Gasteiger partial charge in [-0.1, -0.05) is 108 Å². The molecule has 5 heterocycles. The van der Waals surface area contributed by atoms with Crippen LogP contribution < -0.4 is 10.2 Å². The first-order chi connectivity index (χ1) is 25.4. The smallest absolute Gasteiger partial charge is 0.873 e. The Morgan fingerprint density at radius 2 is 0.717 bits per heavy atom. The van der Waals surface area contributed by atoms with Crippen molar-refractivity contribution in [1.29, 1.82) is 0 Å². The summed E-state index contributed by atoms with van der Waals surface area (Å²) in [6.45, 7) is 3.38. The van der Waals surface area contributed by atoms with Gasteiger partial charge in [0, 0.05) is 22.3 Å². The maximum atomic E-state index is 13.3. The molecule has 9 rings (SSSR count). The van der Waals surface area contributed by atoms with Crippen molar-refractivity contribution < 1.29 is 29.7 Å². The molecule has 0 saturated carbocycles. The Kier molecular flexibility index (Phi) is 8.73. The molecule has 4 aromatic carbocycles. The van der Waals surface area contributed by atoms with Gasteiger partial charge in [-0.15, -0.1) is 11.5 Å². The second-order valence-corrected chi connectivity index (χ2v) is 13.0. The van der Waals surface area contributed by atoms with Crippen molar-refractivity contribution in [3.8, 4) is 11.5 Å². The molecule has 8 bridgehead atoms. The molecular formula is C46H30N4O2Zn. The molecule has 0 fully saturated rings. The number of aryl methyl sites for hydroxylation is 1. The van der Waals surface area contributed by atoms with Gasteiger partial charge in [0.2, 0.25) is 0 Å². The first-order valence-electron chi connectivity index (χ1n) is 17.1. The summed E-state index contributed by atoms with van der Waals surface area (Å²) in [5.74, 6) is -1.02. The number of hydrogen-bond donors (Lipinski definition) is 0. The number of fused-ring (bicyclic) bond motifs is 4. The quantitative estimate of drug-likeness (QED) is 0.197. The Bertz CT molecular complexity index is 2570. The Morgan fingerprint density at radius 1 is 0.396 bits per heavy atom. The third-order valence-corrected chi connectivity index (χ3v) is 9.74. The largest absolute Gasteiger partial charge is 2.00 e. The van der Waals surface area contributed by atoms with Gasteiger partial charge in [0.15, 0.2) is 0 Å². The zero-order valence-corrected chi connectivity index (χ0v) is 32.1. The number of allylic oxidation sites excluding steroid dienone is 12. The number of hydrogen-bond acceptors (Lipinski definition) is 6. The molecule has 0 radical (unpaired) electrons. The van der Waals surface area contributed by atoms with Crippen LogP contribution in [0.4, 0.5) is 0 Å².